The van der Waals surface area contributed by atoms with Gasteiger partial charge in [0.15, 0.2) is 6.61 Å². The predicted molar refractivity (Wildman–Crippen MR) is 56.8 cm³/mol. The quantitative estimate of drug-likeness (QED) is 0.800. The summed E-state index contributed by atoms with van der Waals surface area (Å²) in [7, 11) is 0. The average Bonchev–Trinajstić information content (AvgIpc) is 2.13. The van der Waals surface area contributed by atoms with Crippen LogP contribution in [0.2, 0.25) is 0 Å². The zero-order valence-electron chi connectivity index (χ0n) is 9.92. The van der Waals surface area contributed by atoms with Crippen LogP contribution >= 0.6 is 0 Å². The molecule has 0 radical (unpaired) electrons. The van der Waals surface area contributed by atoms with Crippen molar-refractivity contribution in [2.45, 2.75) is 39.0 Å². The number of hydrogen-bond donors (Lipinski definition) is 0. The van der Waals surface area contributed by atoms with Gasteiger partial charge in [-0.15, -0.1) is 0 Å². The van der Waals surface area contributed by atoms with Crippen molar-refractivity contribution < 1.29 is 13.5 Å². The largest absolute Gasteiger partial charge is 0.470 e. The van der Waals surface area contributed by atoms with Crippen LogP contribution < -0.4 is 4.74 Å². The van der Waals surface area contributed by atoms with E-state index in [2.05, 4.69) is 9.97 Å². The van der Waals surface area contributed by atoms with Crippen LogP contribution in [0.3, 0.4) is 0 Å². The Bertz CT molecular complexity index is 338. The van der Waals surface area contributed by atoms with Gasteiger partial charge in [-0.05, 0) is 0 Å². The van der Waals surface area contributed by atoms with E-state index in [4.69, 9.17) is 4.74 Å². The van der Waals surface area contributed by atoms with Gasteiger partial charge in [-0.3, -0.25) is 4.98 Å². The van der Waals surface area contributed by atoms with E-state index in [9.17, 15) is 8.78 Å². The number of rotatable bonds is 3. The first-order valence-corrected chi connectivity index (χ1v) is 5.02. The first-order valence-electron chi connectivity index (χ1n) is 5.02. The van der Waals surface area contributed by atoms with E-state index in [1.807, 2.05) is 20.8 Å². The fourth-order valence-corrected chi connectivity index (χ4v) is 0.979. The molecule has 0 aliphatic heterocycles. The molecule has 0 bridgehead atoms. The van der Waals surface area contributed by atoms with Crippen molar-refractivity contribution in [2.24, 2.45) is 0 Å². The van der Waals surface area contributed by atoms with Crippen LogP contribution in [0.1, 0.15) is 33.4 Å². The Morgan fingerprint density at radius 3 is 2.12 bits per heavy atom. The van der Waals surface area contributed by atoms with E-state index in [-0.39, 0.29) is 11.3 Å². The molecule has 0 aliphatic carbocycles. The summed E-state index contributed by atoms with van der Waals surface area (Å²) in [6, 6.07) is 0. The van der Waals surface area contributed by atoms with Gasteiger partial charge in [0.1, 0.15) is 0 Å². The number of halogens is 2. The Kier molecular flexibility index (Phi) is 3.45. The van der Waals surface area contributed by atoms with Crippen LogP contribution in [-0.4, -0.2) is 22.5 Å². The van der Waals surface area contributed by atoms with Crippen LogP contribution in [0, 0.1) is 0 Å². The molecule has 1 aromatic heterocycles. The molecule has 0 saturated carbocycles. The Morgan fingerprint density at radius 1 is 1.12 bits per heavy atom. The van der Waals surface area contributed by atoms with Gasteiger partial charge in [0.25, 0.3) is 5.92 Å². The van der Waals surface area contributed by atoms with E-state index in [0.29, 0.717) is 0 Å². The minimum Gasteiger partial charge on any atom is -0.470 e. The summed E-state index contributed by atoms with van der Waals surface area (Å²) >= 11 is 0. The van der Waals surface area contributed by atoms with Crippen LogP contribution in [0.4, 0.5) is 8.78 Å². The third-order valence-corrected chi connectivity index (χ3v) is 1.87. The normalized spacial score (nSPS) is 12.6. The number of aromatic nitrogens is 2. The first-order chi connectivity index (χ1) is 7.18. The topological polar surface area (TPSA) is 35.0 Å². The second-order valence-corrected chi connectivity index (χ2v) is 4.85. The molecule has 0 fully saturated rings. The molecular weight excluding hydrogens is 214 g/mol. The molecule has 0 N–H and O–H groups in total. The van der Waals surface area contributed by atoms with Crippen molar-refractivity contribution >= 4 is 0 Å². The smallest absolute Gasteiger partial charge is 0.278 e. The standard InChI is InChI=1S/C11H16F2N2O/c1-10(2,3)8-5-15-9(6-14-8)16-7-11(4,12)13/h5-6H,7H2,1-4H3. The molecule has 3 nitrogen and oxygen atoms in total. The highest BCUT2D eigenvalue weighted by molar-refractivity contribution is 5.13. The van der Waals surface area contributed by atoms with Crippen molar-refractivity contribution in [1.82, 2.24) is 9.97 Å². The number of ether oxygens (including phenoxy) is 1. The first kappa shape index (κ1) is 12.8. The van der Waals surface area contributed by atoms with Crippen LogP contribution in [0.25, 0.3) is 0 Å². The zero-order chi connectivity index (χ0) is 12.4. The molecule has 0 saturated heterocycles. The Balaban J connectivity index is 2.66. The van der Waals surface area contributed by atoms with Crippen LogP contribution in [0.15, 0.2) is 12.4 Å². The maximum absolute atomic E-state index is 12.5. The summed E-state index contributed by atoms with van der Waals surface area (Å²) in [6.45, 7) is 6.10. The highest BCUT2D eigenvalue weighted by atomic mass is 19.3. The van der Waals surface area contributed by atoms with E-state index in [1.165, 1.54) is 6.20 Å². The highest BCUT2D eigenvalue weighted by Gasteiger charge is 2.22. The molecule has 16 heavy (non-hydrogen) atoms. The molecule has 0 unspecified atom stereocenters. The number of alkyl halides is 2. The molecule has 0 atom stereocenters. The highest BCUT2D eigenvalue weighted by Crippen LogP contribution is 2.20. The lowest BCUT2D eigenvalue weighted by atomic mass is 9.93. The van der Waals surface area contributed by atoms with Gasteiger partial charge in [-0.1, -0.05) is 20.8 Å². The SMILES string of the molecule is CC(F)(F)COc1cnc(C(C)(C)C)cn1. The maximum atomic E-state index is 12.5. The van der Waals surface area contributed by atoms with E-state index >= 15 is 0 Å². The number of hydrogen-bond acceptors (Lipinski definition) is 3. The van der Waals surface area contributed by atoms with Crippen molar-refractivity contribution in [1.29, 1.82) is 0 Å². The van der Waals surface area contributed by atoms with Crippen LogP contribution in [0.5, 0.6) is 5.88 Å². The molecule has 1 aromatic rings. The van der Waals surface area contributed by atoms with E-state index in [0.717, 1.165) is 12.6 Å². The van der Waals surface area contributed by atoms with Crippen molar-refractivity contribution in [3.05, 3.63) is 18.1 Å². The molecule has 5 heteroatoms. The molecule has 0 spiro atoms. The second kappa shape index (κ2) is 4.31. The minimum absolute atomic E-state index is 0.111. The summed E-state index contributed by atoms with van der Waals surface area (Å²) in [5.74, 6) is -2.74. The van der Waals surface area contributed by atoms with Gasteiger partial charge in [-0.2, -0.15) is 0 Å². The fraction of sp³-hybridized carbons (Fsp3) is 0.636. The molecule has 0 aliphatic rings. The molecule has 90 valence electrons. The summed E-state index contributed by atoms with van der Waals surface area (Å²) in [5.41, 5.74) is 0.684. The molecule has 1 rings (SSSR count). The predicted octanol–water partition coefficient (Wildman–Crippen LogP) is 2.81. The lowest BCUT2D eigenvalue weighted by Gasteiger charge is -2.17. The summed E-state index contributed by atoms with van der Waals surface area (Å²) < 4.78 is 29.8. The summed E-state index contributed by atoms with van der Waals surface area (Å²) in [5, 5.41) is 0. The van der Waals surface area contributed by atoms with Gasteiger partial charge in [0, 0.05) is 12.3 Å². The van der Waals surface area contributed by atoms with Gasteiger partial charge >= 0.3 is 0 Å². The van der Waals surface area contributed by atoms with E-state index < -0.39 is 12.5 Å². The third-order valence-electron chi connectivity index (χ3n) is 1.87. The molecule has 1 heterocycles. The molecule has 0 amide bonds. The summed E-state index contributed by atoms with van der Waals surface area (Å²) in [4.78, 5) is 8.05. The van der Waals surface area contributed by atoms with Gasteiger partial charge in [-0.25, -0.2) is 13.8 Å². The lowest BCUT2D eigenvalue weighted by molar-refractivity contribution is -0.0243. The van der Waals surface area contributed by atoms with Crippen molar-refractivity contribution in [3.8, 4) is 5.88 Å². The van der Waals surface area contributed by atoms with Crippen molar-refractivity contribution in [2.75, 3.05) is 6.61 Å². The minimum atomic E-state index is -2.86. The van der Waals surface area contributed by atoms with E-state index in [1.54, 1.807) is 6.20 Å². The Labute approximate surface area is 93.9 Å². The summed E-state index contributed by atoms with van der Waals surface area (Å²) in [6.07, 6.45) is 2.91. The van der Waals surface area contributed by atoms with Gasteiger partial charge < -0.3 is 4.74 Å². The van der Waals surface area contributed by atoms with Gasteiger partial charge in [0.05, 0.1) is 18.1 Å². The second-order valence-electron chi connectivity index (χ2n) is 4.85. The molecular formula is C11H16F2N2O. The van der Waals surface area contributed by atoms with Crippen LogP contribution in [-0.2, 0) is 5.41 Å². The number of nitrogens with zero attached hydrogens (tertiary/aromatic N) is 2. The maximum Gasteiger partial charge on any atom is 0.278 e. The molecule has 0 aromatic carbocycles. The Morgan fingerprint density at radius 2 is 1.75 bits per heavy atom. The zero-order valence-corrected chi connectivity index (χ0v) is 9.92. The van der Waals surface area contributed by atoms with Gasteiger partial charge in [0.2, 0.25) is 5.88 Å². The monoisotopic (exact) mass is 230 g/mol. The third kappa shape index (κ3) is 4.08. The average molecular weight is 230 g/mol. The lowest BCUT2D eigenvalue weighted by Crippen LogP contribution is -2.21. The fourth-order valence-electron chi connectivity index (χ4n) is 0.979. The van der Waals surface area contributed by atoms with Crippen molar-refractivity contribution in [3.63, 3.8) is 0 Å². The Hall–Kier alpha value is -1.26.